The molecule has 0 radical (unpaired) electrons. The number of para-hydroxylation sites is 2. The average Bonchev–Trinajstić information content (AvgIpc) is 3.26. The van der Waals surface area contributed by atoms with Gasteiger partial charge in [-0.15, -0.1) is 0 Å². The van der Waals surface area contributed by atoms with E-state index < -0.39 is 0 Å². The van der Waals surface area contributed by atoms with Gasteiger partial charge in [-0.25, -0.2) is 9.37 Å². The highest BCUT2D eigenvalue weighted by molar-refractivity contribution is 5.65. The number of pyridine rings is 2. The van der Waals surface area contributed by atoms with Crippen molar-refractivity contribution in [3.63, 3.8) is 0 Å². The van der Waals surface area contributed by atoms with Crippen LogP contribution in [0.4, 0.5) is 10.2 Å². The lowest BCUT2D eigenvalue weighted by molar-refractivity contribution is -0.688. The van der Waals surface area contributed by atoms with Crippen LogP contribution in [0.3, 0.4) is 0 Å². The second-order valence-electron chi connectivity index (χ2n) is 8.36. The maximum absolute atomic E-state index is 13.4. The zero-order valence-electron chi connectivity index (χ0n) is 18.3. The normalized spacial score (nSPS) is 18.3. The van der Waals surface area contributed by atoms with E-state index in [0.29, 0.717) is 18.2 Å². The predicted octanol–water partition coefficient (Wildman–Crippen LogP) is 5.86. The molecule has 0 N–H and O–H groups in total. The number of benzene rings is 2. The lowest BCUT2D eigenvalue weighted by Crippen LogP contribution is -2.39. The molecule has 4 heterocycles. The van der Waals surface area contributed by atoms with E-state index in [-0.39, 0.29) is 18.1 Å². The molecule has 0 saturated carbocycles. The van der Waals surface area contributed by atoms with Crippen molar-refractivity contribution in [3.05, 3.63) is 102 Å². The van der Waals surface area contributed by atoms with Gasteiger partial charge in [0.1, 0.15) is 5.82 Å². The molecule has 6 rings (SSSR count). The first-order valence-corrected chi connectivity index (χ1v) is 11.3. The van der Waals surface area contributed by atoms with Crippen LogP contribution in [0.25, 0.3) is 11.1 Å². The molecule has 7 heteroatoms. The molecule has 2 aliphatic rings. The molecule has 2 aromatic carbocycles. The highest BCUT2D eigenvalue weighted by Gasteiger charge is 2.43. The lowest BCUT2D eigenvalue weighted by atomic mass is 9.97. The fourth-order valence-electron chi connectivity index (χ4n) is 4.47. The summed E-state index contributed by atoms with van der Waals surface area (Å²) >= 11 is 0. The van der Waals surface area contributed by atoms with E-state index in [9.17, 15) is 4.39 Å². The minimum absolute atomic E-state index is 0.0618. The van der Waals surface area contributed by atoms with Crippen LogP contribution in [0.2, 0.25) is 0 Å². The van der Waals surface area contributed by atoms with Gasteiger partial charge in [0, 0.05) is 35.7 Å². The Kier molecular flexibility index (Phi) is 5.22. The molecule has 34 heavy (non-hydrogen) atoms. The van der Waals surface area contributed by atoms with Crippen LogP contribution in [0.1, 0.15) is 23.6 Å². The van der Waals surface area contributed by atoms with Gasteiger partial charge < -0.3 is 9.47 Å². The molecule has 0 aliphatic carbocycles. The van der Waals surface area contributed by atoms with Gasteiger partial charge in [0.2, 0.25) is 11.9 Å². The Balaban J connectivity index is 1.33. The van der Waals surface area contributed by atoms with Gasteiger partial charge in [-0.2, -0.15) is 0 Å². The average molecular weight is 453 g/mol. The molecule has 2 unspecified atom stereocenters. The molecule has 0 amide bonds. The first-order valence-electron chi connectivity index (χ1n) is 11.3. The molecule has 168 valence electrons. The number of ether oxygens (including phenoxy) is 2. The second kappa shape index (κ2) is 8.67. The van der Waals surface area contributed by atoms with E-state index in [0.717, 1.165) is 40.8 Å². The van der Waals surface area contributed by atoms with Crippen molar-refractivity contribution in [2.45, 2.75) is 25.1 Å². The zero-order chi connectivity index (χ0) is 22.9. The van der Waals surface area contributed by atoms with Crippen LogP contribution in [0.5, 0.6) is 11.5 Å². The molecule has 0 spiro atoms. The van der Waals surface area contributed by atoms with Gasteiger partial charge in [-0.1, -0.05) is 29.0 Å². The summed E-state index contributed by atoms with van der Waals surface area (Å²) < 4.78 is 27.6. The number of rotatable bonds is 5. The van der Waals surface area contributed by atoms with E-state index in [1.807, 2.05) is 59.4 Å². The molecular weight excluding hydrogens is 431 g/mol. The highest BCUT2D eigenvalue weighted by atomic mass is 19.1. The maximum atomic E-state index is 13.4. The van der Waals surface area contributed by atoms with E-state index in [2.05, 4.69) is 16.0 Å². The summed E-state index contributed by atoms with van der Waals surface area (Å²) in [5.41, 5.74) is 4.17. The number of hydrogen-bond donors (Lipinski definition) is 0. The Morgan fingerprint density at radius 3 is 2.56 bits per heavy atom. The quantitative estimate of drug-likeness (QED) is 0.355. The number of nitrogens with zero attached hydrogens (tertiary/aromatic N) is 4. The van der Waals surface area contributed by atoms with Crippen molar-refractivity contribution in [2.24, 2.45) is 5.11 Å². The van der Waals surface area contributed by atoms with Crippen molar-refractivity contribution >= 4 is 5.82 Å². The molecule has 0 fully saturated rings. The second-order valence-corrected chi connectivity index (χ2v) is 8.36. The fourth-order valence-corrected chi connectivity index (χ4v) is 4.47. The number of hydrogen-bond acceptors (Lipinski definition) is 5. The van der Waals surface area contributed by atoms with Gasteiger partial charge in [-0.3, -0.25) is 4.98 Å². The standard InChI is InChI=1S/C27H22FN4O2/c28-21-8-5-18(6-9-21)7-10-23-22-15-20(19-11-13-29-14-12-19)16-30-27(22)31-32(23)26-17-33-24-3-1-2-4-25(24)34-26/h1-6,8-9,11-16,23,26H,7,10,17H2/q+1. The van der Waals surface area contributed by atoms with Gasteiger partial charge in [-0.05, 0) is 60.0 Å². The lowest BCUT2D eigenvalue weighted by Gasteiger charge is -2.24. The third-order valence-corrected chi connectivity index (χ3v) is 6.21. The van der Waals surface area contributed by atoms with Crippen molar-refractivity contribution in [1.82, 2.24) is 9.97 Å². The summed E-state index contributed by atoms with van der Waals surface area (Å²) in [6, 6.07) is 20.3. The van der Waals surface area contributed by atoms with E-state index >= 15 is 0 Å². The molecule has 6 nitrogen and oxygen atoms in total. The Bertz CT molecular complexity index is 1360. The summed E-state index contributed by atoms with van der Waals surface area (Å²) in [7, 11) is 0. The number of aryl methyl sites for hydroxylation is 1. The molecule has 2 aromatic heterocycles. The number of azo groups is 2. The van der Waals surface area contributed by atoms with Crippen molar-refractivity contribution < 1.29 is 18.6 Å². The SMILES string of the molecule is Fc1ccc(CCC2c3cc(-c4ccncc4)cnc3N=[N+]2C2COc3ccccc3O2)cc1. The summed E-state index contributed by atoms with van der Waals surface area (Å²) in [6.07, 6.45) is 6.54. The van der Waals surface area contributed by atoms with Gasteiger partial charge in [0.15, 0.2) is 18.1 Å². The Hall–Kier alpha value is -4.13. The smallest absolute Gasteiger partial charge is 0.356 e. The van der Waals surface area contributed by atoms with Gasteiger partial charge >= 0.3 is 6.23 Å². The van der Waals surface area contributed by atoms with Crippen molar-refractivity contribution in [2.75, 3.05) is 6.61 Å². The highest BCUT2D eigenvalue weighted by Crippen LogP contribution is 2.41. The number of fused-ring (bicyclic) bond motifs is 2. The van der Waals surface area contributed by atoms with E-state index in [1.165, 1.54) is 12.1 Å². The Labute approximate surface area is 196 Å². The van der Waals surface area contributed by atoms with Gasteiger partial charge in [0.25, 0.3) is 0 Å². The Morgan fingerprint density at radius 1 is 0.941 bits per heavy atom. The third kappa shape index (κ3) is 3.90. The Morgan fingerprint density at radius 2 is 1.74 bits per heavy atom. The molecule has 0 bridgehead atoms. The predicted molar refractivity (Wildman–Crippen MR) is 124 cm³/mol. The molecule has 0 saturated heterocycles. The minimum Gasteiger partial charge on any atom is -0.478 e. The summed E-state index contributed by atoms with van der Waals surface area (Å²) in [5.74, 6) is 1.89. The van der Waals surface area contributed by atoms with Crippen molar-refractivity contribution in [3.8, 4) is 22.6 Å². The van der Waals surface area contributed by atoms with E-state index in [1.54, 1.807) is 12.4 Å². The molecular formula is C27H22FN4O2+. The summed E-state index contributed by atoms with van der Waals surface area (Å²) in [4.78, 5) is 8.78. The summed E-state index contributed by atoms with van der Waals surface area (Å²) in [6.45, 7) is 0.360. The van der Waals surface area contributed by atoms with Crippen LogP contribution in [-0.4, -0.2) is 27.5 Å². The van der Waals surface area contributed by atoms with Crippen LogP contribution in [0, 0.1) is 5.82 Å². The van der Waals surface area contributed by atoms with E-state index in [4.69, 9.17) is 14.6 Å². The first-order chi connectivity index (χ1) is 16.7. The monoisotopic (exact) mass is 453 g/mol. The fraction of sp³-hybridized carbons (Fsp3) is 0.185. The van der Waals surface area contributed by atoms with Crippen LogP contribution >= 0.6 is 0 Å². The summed E-state index contributed by atoms with van der Waals surface area (Å²) in [5, 5.41) is 4.84. The van der Waals surface area contributed by atoms with Crippen LogP contribution in [-0.2, 0) is 6.42 Å². The first kappa shape index (κ1) is 20.5. The molecule has 2 atom stereocenters. The molecule has 4 aromatic rings. The largest absolute Gasteiger partial charge is 0.478 e. The topological polar surface area (TPSA) is 59.6 Å². The number of halogens is 1. The van der Waals surface area contributed by atoms with Crippen LogP contribution < -0.4 is 9.47 Å². The molecule has 2 aliphatic heterocycles. The number of aromatic nitrogens is 2. The van der Waals surface area contributed by atoms with Crippen molar-refractivity contribution in [1.29, 1.82) is 0 Å². The van der Waals surface area contributed by atoms with Crippen LogP contribution in [0.15, 0.2) is 90.4 Å². The zero-order valence-corrected chi connectivity index (χ0v) is 18.3. The van der Waals surface area contributed by atoms with Gasteiger partial charge in [0.05, 0.1) is 5.56 Å². The minimum atomic E-state index is -0.383. The maximum Gasteiger partial charge on any atom is 0.356 e. The third-order valence-electron chi connectivity index (χ3n) is 6.21.